The van der Waals surface area contributed by atoms with E-state index in [1.165, 1.54) is 0 Å². The van der Waals surface area contributed by atoms with Crippen LogP contribution in [0.1, 0.15) is 33.6 Å². The fraction of sp³-hybridized carbons (Fsp3) is 0.923. The molecule has 1 saturated heterocycles. The molecular weight excluding hydrogens is 216 g/mol. The molecule has 2 N–H and O–H groups in total. The quantitative estimate of drug-likeness (QED) is 0.704. The highest BCUT2D eigenvalue weighted by atomic mass is 16.5. The molecule has 1 fully saturated rings. The molecule has 0 saturated carbocycles. The molecule has 1 rings (SSSR count). The van der Waals surface area contributed by atoms with Gasteiger partial charge in [0.05, 0.1) is 12.6 Å². The van der Waals surface area contributed by atoms with Crippen LogP contribution in [0.25, 0.3) is 0 Å². The zero-order valence-corrected chi connectivity index (χ0v) is 11.3. The summed E-state index contributed by atoms with van der Waals surface area (Å²) in [5.41, 5.74) is 0. The third-order valence-electron chi connectivity index (χ3n) is 3.27. The molecule has 2 atom stereocenters. The van der Waals surface area contributed by atoms with Gasteiger partial charge >= 0.3 is 0 Å². The van der Waals surface area contributed by atoms with Crippen LogP contribution in [0.5, 0.6) is 0 Å². The van der Waals surface area contributed by atoms with E-state index in [1.807, 2.05) is 0 Å². The summed E-state index contributed by atoms with van der Waals surface area (Å²) >= 11 is 0. The van der Waals surface area contributed by atoms with Gasteiger partial charge in [0.25, 0.3) is 0 Å². The predicted octanol–water partition coefficient (Wildman–Crippen LogP) is 1.16. The smallest absolute Gasteiger partial charge is 0.233 e. The SMILES string of the molecule is CC(C)CCNC(=O)CNCC1CCOC1C. The molecule has 0 aromatic heterocycles. The summed E-state index contributed by atoms with van der Waals surface area (Å²) in [4.78, 5) is 11.5. The van der Waals surface area contributed by atoms with Gasteiger partial charge in [-0.15, -0.1) is 0 Å². The number of hydrogen-bond donors (Lipinski definition) is 2. The van der Waals surface area contributed by atoms with Gasteiger partial charge in [-0.2, -0.15) is 0 Å². The maximum atomic E-state index is 11.5. The van der Waals surface area contributed by atoms with Crippen molar-refractivity contribution in [2.45, 2.75) is 39.7 Å². The monoisotopic (exact) mass is 242 g/mol. The fourth-order valence-corrected chi connectivity index (χ4v) is 1.98. The Morgan fingerprint density at radius 1 is 1.47 bits per heavy atom. The number of carbonyl (C=O) groups excluding carboxylic acids is 1. The average molecular weight is 242 g/mol. The van der Waals surface area contributed by atoms with Gasteiger partial charge in [-0.25, -0.2) is 0 Å². The Kier molecular flexibility index (Phi) is 6.52. The molecule has 0 bridgehead atoms. The third kappa shape index (κ3) is 6.03. The van der Waals surface area contributed by atoms with Crippen molar-refractivity contribution in [3.8, 4) is 0 Å². The fourth-order valence-electron chi connectivity index (χ4n) is 1.98. The van der Waals surface area contributed by atoms with E-state index in [-0.39, 0.29) is 5.91 Å². The van der Waals surface area contributed by atoms with Gasteiger partial charge in [0.15, 0.2) is 0 Å². The minimum absolute atomic E-state index is 0.0946. The lowest BCUT2D eigenvalue weighted by Gasteiger charge is -2.14. The van der Waals surface area contributed by atoms with E-state index < -0.39 is 0 Å². The molecule has 0 aromatic rings. The summed E-state index contributed by atoms with van der Waals surface area (Å²) in [6.45, 7) is 9.34. The lowest BCUT2D eigenvalue weighted by molar-refractivity contribution is -0.120. The standard InChI is InChI=1S/C13H26N2O2/c1-10(2)4-6-15-13(16)9-14-8-12-5-7-17-11(12)3/h10-12,14H,4-9H2,1-3H3,(H,15,16). The Morgan fingerprint density at radius 2 is 2.24 bits per heavy atom. The van der Waals surface area contributed by atoms with Gasteiger partial charge in [-0.3, -0.25) is 4.79 Å². The lowest BCUT2D eigenvalue weighted by atomic mass is 10.0. The summed E-state index contributed by atoms with van der Waals surface area (Å²) in [6.07, 6.45) is 2.47. The van der Waals surface area contributed by atoms with Crippen LogP contribution in [0, 0.1) is 11.8 Å². The van der Waals surface area contributed by atoms with E-state index in [1.54, 1.807) is 0 Å². The first-order valence-electron chi connectivity index (χ1n) is 6.68. The van der Waals surface area contributed by atoms with Gasteiger partial charge in [0.1, 0.15) is 0 Å². The van der Waals surface area contributed by atoms with E-state index >= 15 is 0 Å². The number of amides is 1. The van der Waals surface area contributed by atoms with Crippen LogP contribution in [0.3, 0.4) is 0 Å². The summed E-state index contributed by atoms with van der Waals surface area (Å²) in [6, 6.07) is 0. The van der Waals surface area contributed by atoms with Crippen LogP contribution in [0.2, 0.25) is 0 Å². The van der Waals surface area contributed by atoms with Gasteiger partial charge < -0.3 is 15.4 Å². The zero-order valence-electron chi connectivity index (χ0n) is 11.3. The average Bonchev–Trinajstić information content (AvgIpc) is 2.64. The molecule has 1 amide bonds. The molecule has 2 unspecified atom stereocenters. The second kappa shape index (κ2) is 7.67. The number of hydrogen-bond acceptors (Lipinski definition) is 3. The van der Waals surface area contributed by atoms with Crippen LogP contribution in [0.15, 0.2) is 0 Å². The number of ether oxygens (including phenoxy) is 1. The van der Waals surface area contributed by atoms with Crippen molar-refractivity contribution in [1.29, 1.82) is 0 Å². The van der Waals surface area contributed by atoms with Crippen molar-refractivity contribution < 1.29 is 9.53 Å². The maximum Gasteiger partial charge on any atom is 0.233 e. The van der Waals surface area contributed by atoms with Crippen molar-refractivity contribution in [2.24, 2.45) is 11.8 Å². The van der Waals surface area contributed by atoms with Crippen LogP contribution >= 0.6 is 0 Å². The molecule has 4 nitrogen and oxygen atoms in total. The third-order valence-corrected chi connectivity index (χ3v) is 3.27. The highest BCUT2D eigenvalue weighted by Crippen LogP contribution is 2.18. The topological polar surface area (TPSA) is 50.4 Å². The molecule has 17 heavy (non-hydrogen) atoms. The number of carbonyl (C=O) groups is 1. The zero-order chi connectivity index (χ0) is 12.7. The molecule has 1 aliphatic rings. The van der Waals surface area contributed by atoms with Crippen molar-refractivity contribution in [2.75, 3.05) is 26.2 Å². The second-order valence-corrected chi connectivity index (χ2v) is 5.29. The summed E-state index contributed by atoms with van der Waals surface area (Å²) in [7, 11) is 0. The normalized spacial score (nSPS) is 24.2. The minimum atomic E-state index is 0.0946. The van der Waals surface area contributed by atoms with Crippen LogP contribution in [-0.2, 0) is 9.53 Å². The second-order valence-electron chi connectivity index (χ2n) is 5.29. The minimum Gasteiger partial charge on any atom is -0.378 e. The van der Waals surface area contributed by atoms with Crippen molar-refractivity contribution >= 4 is 5.91 Å². The Hall–Kier alpha value is -0.610. The van der Waals surface area contributed by atoms with Gasteiger partial charge in [-0.1, -0.05) is 13.8 Å². The first-order chi connectivity index (χ1) is 8.09. The van der Waals surface area contributed by atoms with E-state index in [4.69, 9.17) is 4.74 Å². The Morgan fingerprint density at radius 3 is 2.82 bits per heavy atom. The Bertz CT molecular complexity index is 231. The highest BCUT2D eigenvalue weighted by molar-refractivity contribution is 5.77. The number of rotatable bonds is 7. The molecule has 1 aliphatic heterocycles. The Labute approximate surface area is 104 Å². The maximum absolute atomic E-state index is 11.5. The molecule has 0 aromatic carbocycles. The van der Waals surface area contributed by atoms with E-state index in [0.717, 1.165) is 32.5 Å². The van der Waals surface area contributed by atoms with E-state index in [0.29, 0.717) is 24.5 Å². The van der Waals surface area contributed by atoms with Crippen molar-refractivity contribution in [3.05, 3.63) is 0 Å². The van der Waals surface area contributed by atoms with Crippen molar-refractivity contribution in [1.82, 2.24) is 10.6 Å². The molecule has 0 spiro atoms. The highest BCUT2D eigenvalue weighted by Gasteiger charge is 2.23. The molecule has 100 valence electrons. The lowest BCUT2D eigenvalue weighted by Crippen LogP contribution is -2.37. The molecular formula is C13H26N2O2. The summed E-state index contributed by atoms with van der Waals surface area (Å²) in [5, 5.41) is 6.12. The molecule has 1 heterocycles. The molecule has 0 aliphatic carbocycles. The number of nitrogens with one attached hydrogen (secondary N) is 2. The summed E-state index contributed by atoms with van der Waals surface area (Å²) < 4.78 is 5.47. The molecule has 0 radical (unpaired) electrons. The summed E-state index contributed by atoms with van der Waals surface area (Å²) in [5.74, 6) is 1.29. The van der Waals surface area contributed by atoms with Gasteiger partial charge in [0, 0.05) is 19.7 Å². The van der Waals surface area contributed by atoms with Crippen LogP contribution in [0.4, 0.5) is 0 Å². The first-order valence-corrected chi connectivity index (χ1v) is 6.68. The first kappa shape index (κ1) is 14.5. The van der Waals surface area contributed by atoms with Gasteiger partial charge in [-0.05, 0) is 31.6 Å². The van der Waals surface area contributed by atoms with Crippen molar-refractivity contribution in [3.63, 3.8) is 0 Å². The largest absolute Gasteiger partial charge is 0.378 e. The predicted molar refractivity (Wildman–Crippen MR) is 68.9 cm³/mol. The van der Waals surface area contributed by atoms with Crippen LogP contribution in [-0.4, -0.2) is 38.3 Å². The van der Waals surface area contributed by atoms with E-state index in [9.17, 15) is 4.79 Å². The molecule has 4 heteroatoms. The Balaban J connectivity index is 2.00. The van der Waals surface area contributed by atoms with E-state index in [2.05, 4.69) is 31.4 Å². The van der Waals surface area contributed by atoms with Gasteiger partial charge in [0.2, 0.25) is 5.91 Å². The van der Waals surface area contributed by atoms with Crippen LogP contribution < -0.4 is 10.6 Å².